The molecule has 0 aliphatic rings. The highest BCUT2D eigenvalue weighted by molar-refractivity contribution is 9.10. The van der Waals surface area contributed by atoms with Gasteiger partial charge in [0.15, 0.2) is 0 Å². The number of nitrogens with two attached hydrogens (primary N) is 1. The summed E-state index contributed by atoms with van der Waals surface area (Å²) in [4.78, 5) is 4.10. The fourth-order valence-electron chi connectivity index (χ4n) is 1.70. The van der Waals surface area contributed by atoms with E-state index in [1.807, 2.05) is 32.0 Å². The molecular formula is C14H15BrN2O. The van der Waals surface area contributed by atoms with Crippen LogP contribution in [0.3, 0.4) is 0 Å². The van der Waals surface area contributed by atoms with E-state index >= 15 is 0 Å². The summed E-state index contributed by atoms with van der Waals surface area (Å²) in [6.07, 6.45) is 3.54. The van der Waals surface area contributed by atoms with E-state index in [1.54, 1.807) is 12.4 Å². The highest BCUT2D eigenvalue weighted by Crippen LogP contribution is 2.25. The number of halogens is 1. The number of nitrogen functional groups attached to an aromatic ring is 1. The van der Waals surface area contributed by atoms with Crippen molar-refractivity contribution in [2.24, 2.45) is 0 Å². The van der Waals surface area contributed by atoms with Gasteiger partial charge >= 0.3 is 0 Å². The summed E-state index contributed by atoms with van der Waals surface area (Å²) in [5.41, 5.74) is 9.81. The lowest BCUT2D eigenvalue weighted by molar-refractivity contribution is 0.303. The lowest BCUT2D eigenvalue weighted by atomic mass is 10.1. The smallest absolute Gasteiger partial charge is 0.124 e. The lowest BCUT2D eigenvalue weighted by Gasteiger charge is -2.11. The standard InChI is InChI=1S/C14H15BrN2O/c1-9-3-10(2)14(5-13(9)16)18-8-11-4-12(15)7-17-6-11/h3-7H,8,16H2,1-2H3. The molecule has 4 heteroatoms. The Kier molecular flexibility index (Phi) is 3.87. The van der Waals surface area contributed by atoms with Crippen molar-refractivity contribution in [3.63, 3.8) is 0 Å². The van der Waals surface area contributed by atoms with Crippen LogP contribution in [0.25, 0.3) is 0 Å². The Hall–Kier alpha value is -1.55. The van der Waals surface area contributed by atoms with Gasteiger partial charge in [-0.25, -0.2) is 0 Å². The van der Waals surface area contributed by atoms with Crippen LogP contribution >= 0.6 is 15.9 Å². The van der Waals surface area contributed by atoms with Gasteiger partial charge in [0, 0.05) is 34.2 Å². The number of hydrogen-bond acceptors (Lipinski definition) is 3. The van der Waals surface area contributed by atoms with Crippen molar-refractivity contribution < 1.29 is 4.74 Å². The molecular weight excluding hydrogens is 292 g/mol. The Labute approximate surface area is 115 Å². The largest absolute Gasteiger partial charge is 0.488 e. The summed E-state index contributed by atoms with van der Waals surface area (Å²) < 4.78 is 6.72. The maximum atomic E-state index is 5.88. The Morgan fingerprint density at radius 3 is 2.67 bits per heavy atom. The summed E-state index contributed by atoms with van der Waals surface area (Å²) in [5, 5.41) is 0. The number of aryl methyl sites for hydroxylation is 2. The third-order valence-electron chi connectivity index (χ3n) is 2.72. The number of hydrogen-bond donors (Lipinski definition) is 1. The van der Waals surface area contributed by atoms with Gasteiger partial charge in [-0.1, -0.05) is 6.07 Å². The molecule has 0 fully saturated rings. The van der Waals surface area contributed by atoms with E-state index in [4.69, 9.17) is 10.5 Å². The van der Waals surface area contributed by atoms with Crippen molar-refractivity contribution >= 4 is 21.6 Å². The maximum absolute atomic E-state index is 5.88. The Bertz CT molecular complexity index is 570. The molecule has 0 radical (unpaired) electrons. The van der Waals surface area contributed by atoms with Gasteiger partial charge in [0.2, 0.25) is 0 Å². The van der Waals surface area contributed by atoms with Crippen LogP contribution in [-0.2, 0) is 6.61 Å². The topological polar surface area (TPSA) is 48.1 Å². The first-order valence-electron chi connectivity index (χ1n) is 5.65. The molecule has 2 rings (SSSR count). The fourth-order valence-corrected chi connectivity index (χ4v) is 2.11. The number of rotatable bonds is 3. The van der Waals surface area contributed by atoms with Gasteiger partial charge in [-0.05, 0) is 47.0 Å². The van der Waals surface area contributed by atoms with E-state index in [-0.39, 0.29) is 0 Å². The summed E-state index contributed by atoms with van der Waals surface area (Å²) in [6, 6.07) is 5.89. The number of ether oxygens (including phenoxy) is 1. The Morgan fingerprint density at radius 2 is 1.94 bits per heavy atom. The molecule has 0 unspecified atom stereocenters. The molecule has 0 saturated heterocycles. The molecule has 0 bridgehead atoms. The van der Waals surface area contributed by atoms with Crippen LogP contribution in [0.2, 0.25) is 0 Å². The molecule has 0 aliphatic carbocycles. The predicted octanol–water partition coefficient (Wildman–Crippen LogP) is 3.62. The average Bonchev–Trinajstić information content (AvgIpc) is 2.32. The van der Waals surface area contributed by atoms with Gasteiger partial charge in [0.1, 0.15) is 12.4 Å². The second-order valence-corrected chi connectivity index (χ2v) is 5.19. The first-order valence-corrected chi connectivity index (χ1v) is 6.44. The van der Waals surface area contributed by atoms with Crippen LogP contribution in [0, 0.1) is 13.8 Å². The summed E-state index contributed by atoms with van der Waals surface area (Å²) >= 11 is 3.39. The van der Waals surface area contributed by atoms with Gasteiger partial charge in [0.05, 0.1) is 0 Å². The molecule has 1 aromatic carbocycles. The minimum Gasteiger partial charge on any atom is -0.488 e. The van der Waals surface area contributed by atoms with Crippen molar-refractivity contribution in [2.45, 2.75) is 20.5 Å². The highest BCUT2D eigenvalue weighted by Gasteiger charge is 2.04. The molecule has 18 heavy (non-hydrogen) atoms. The van der Waals surface area contributed by atoms with Crippen molar-refractivity contribution in [1.29, 1.82) is 0 Å². The predicted molar refractivity (Wildman–Crippen MR) is 76.6 cm³/mol. The normalized spacial score (nSPS) is 10.4. The highest BCUT2D eigenvalue weighted by atomic mass is 79.9. The van der Waals surface area contributed by atoms with Crippen LogP contribution in [0.5, 0.6) is 5.75 Å². The SMILES string of the molecule is Cc1cc(C)c(OCc2cncc(Br)c2)cc1N. The Balaban J connectivity index is 2.13. The lowest BCUT2D eigenvalue weighted by Crippen LogP contribution is -2.00. The van der Waals surface area contributed by atoms with Crippen LogP contribution < -0.4 is 10.5 Å². The molecule has 3 nitrogen and oxygen atoms in total. The van der Waals surface area contributed by atoms with Gasteiger partial charge in [-0.3, -0.25) is 4.98 Å². The van der Waals surface area contributed by atoms with E-state index in [0.717, 1.165) is 32.6 Å². The molecule has 2 aromatic rings. The van der Waals surface area contributed by atoms with Crippen LogP contribution in [0.4, 0.5) is 5.69 Å². The number of benzene rings is 1. The van der Waals surface area contributed by atoms with Crippen molar-refractivity contribution in [3.8, 4) is 5.75 Å². The summed E-state index contributed by atoms with van der Waals surface area (Å²) in [7, 11) is 0. The molecule has 0 saturated carbocycles. The number of nitrogens with zero attached hydrogens (tertiary/aromatic N) is 1. The monoisotopic (exact) mass is 306 g/mol. The molecule has 1 aromatic heterocycles. The summed E-state index contributed by atoms with van der Waals surface area (Å²) in [6.45, 7) is 4.49. The van der Waals surface area contributed by atoms with E-state index in [9.17, 15) is 0 Å². The fraction of sp³-hybridized carbons (Fsp3) is 0.214. The van der Waals surface area contributed by atoms with Crippen LogP contribution in [-0.4, -0.2) is 4.98 Å². The van der Waals surface area contributed by atoms with Gasteiger partial charge in [-0.2, -0.15) is 0 Å². The summed E-state index contributed by atoms with van der Waals surface area (Å²) in [5.74, 6) is 0.818. The third-order valence-corrected chi connectivity index (χ3v) is 3.15. The molecule has 0 spiro atoms. The molecule has 0 aliphatic heterocycles. The van der Waals surface area contributed by atoms with Crippen molar-refractivity contribution in [1.82, 2.24) is 4.98 Å². The number of anilines is 1. The first kappa shape index (κ1) is 12.9. The van der Waals surface area contributed by atoms with E-state index in [0.29, 0.717) is 6.61 Å². The van der Waals surface area contributed by atoms with Gasteiger partial charge < -0.3 is 10.5 Å². The zero-order chi connectivity index (χ0) is 13.1. The first-order chi connectivity index (χ1) is 8.56. The molecule has 2 N–H and O–H groups in total. The average molecular weight is 307 g/mol. The van der Waals surface area contributed by atoms with E-state index < -0.39 is 0 Å². The van der Waals surface area contributed by atoms with Crippen LogP contribution in [0.15, 0.2) is 35.1 Å². The minimum atomic E-state index is 0.482. The third kappa shape index (κ3) is 3.01. The van der Waals surface area contributed by atoms with E-state index in [1.165, 1.54) is 0 Å². The Morgan fingerprint density at radius 1 is 1.17 bits per heavy atom. The second-order valence-electron chi connectivity index (χ2n) is 4.27. The number of pyridine rings is 1. The quantitative estimate of drug-likeness (QED) is 0.881. The van der Waals surface area contributed by atoms with Crippen molar-refractivity contribution in [2.75, 3.05) is 5.73 Å². The number of aromatic nitrogens is 1. The van der Waals surface area contributed by atoms with Gasteiger partial charge in [-0.15, -0.1) is 0 Å². The second kappa shape index (κ2) is 5.40. The van der Waals surface area contributed by atoms with Crippen molar-refractivity contribution in [3.05, 3.63) is 51.8 Å². The van der Waals surface area contributed by atoms with Crippen LogP contribution in [0.1, 0.15) is 16.7 Å². The van der Waals surface area contributed by atoms with Gasteiger partial charge in [0.25, 0.3) is 0 Å². The zero-order valence-electron chi connectivity index (χ0n) is 10.4. The molecule has 0 amide bonds. The van der Waals surface area contributed by atoms with E-state index in [2.05, 4.69) is 20.9 Å². The molecule has 0 atom stereocenters. The zero-order valence-corrected chi connectivity index (χ0v) is 12.0. The minimum absolute atomic E-state index is 0.482. The molecule has 1 heterocycles. The molecule has 94 valence electrons. The maximum Gasteiger partial charge on any atom is 0.124 e.